The van der Waals surface area contributed by atoms with Crippen LogP contribution in [0.1, 0.15) is 11.1 Å². The standard InChI is InChI=1S/C21H22N6O5/c1-30-8-6-26(7-9-31-2)17-4-5-19(20(12-17)32-3)24-25-21-15(13-22)10-18(27(28)29)11-16(21)14-23/h4-5,10-12H,6-9H2,1-3H3. The van der Waals surface area contributed by atoms with Crippen molar-refractivity contribution in [1.29, 1.82) is 10.5 Å². The van der Waals surface area contributed by atoms with E-state index in [1.165, 1.54) is 7.11 Å². The quantitative estimate of drug-likeness (QED) is 0.292. The van der Waals surface area contributed by atoms with Gasteiger partial charge in [-0.3, -0.25) is 10.1 Å². The molecule has 0 unspecified atom stereocenters. The van der Waals surface area contributed by atoms with Crippen molar-refractivity contribution in [3.63, 3.8) is 0 Å². The molecular weight excluding hydrogens is 416 g/mol. The van der Waals surface area contributed by atoms with Crippen molar-refractivity contribution in [3.8, 4) is 17.9 Å². The van der Waals surface area contributed by atoms with E-state index in [9.17, 15) is 20.6 Å². The molecule has 0 aliphatic rings. The summed E-state index contributed by atoms with van der Waals surface area (Å²) in [6.45, 7) is 2.34. The van der Waals surface area contributed by atoms with Crippen molar-refractivity contribution in [2.24, 2.45) is 10.2 Å². The Balaban J connectivity index is 2.42. The van der Waals surface area contributed by atoms with Crippen molar-refractivity contribution < 1.29 is 19.1 Å². The monoisotopic (exact) mass is 438 g/mol. The van der Waals surface area contributed by atoms with Crippen LogP contribution in [0.4, 0.5) is 22.7 Å². The number of hydrogen-bond acceptors (Lipinski definition) is 10. The van der Waals surface area contributed by atoms with Gasteiger partial charge in [-0.15, -0.1) is 10.2 Å². The highest BCUT2D eigenvalue weighted by Gasteiger charge is 2.17. The molecule has 166 valence electrons. The summed E-state index contributed by atoms with van der Waals surface area (Å²) in [6, 6.07) is 11.1. The molecule has 2 aromatic rings. The van der Waals surface area contributed by atoms with Gasteiger partial charge in [0.05, 0.1) is 36.4 Å². The molecule has 0 aliphatic heterocycles. The molecule has 0 spiro atoms. The van der Waals surface area contributed by atoms with Crippen LogP contribution in [0.2, 0.25) is 0 Å². The van der Waals surface area contributed by atoms with E-state index in [0.29, 0.717) is 37.7 Å². The summed E-state index contributed by atoms with van der Waals surface area (Å²) in [6.07, 6.45) is 0. The van der Waals surface area contributed by atoms with E-state index in [1.54, 1.807) is 26.4 Å². The number of anilines is 1. The van der Waals surface area contributed by atoms with Crippen LogP contribution in [0.25, 0.3) is 0 Å². The van der Waals surface area contributed by atoms with E-state index < -0.39 is 4.92 Å². The Kier molecular flexibility index (Phi) is 9.05. The topological polar surface area (TPSA) is 146 Å². The van der Waals surface area contributed by atoms with Crippen LogP contribution >= 0.6 is 0 Å². The fraction of sp³-hybridized carbons (Fsp3) is 0.333. The maximum atomic E-state index is 11.0. The molecule has 11 heteroatoms. The first kappa shape index (κ1) is 24.2. The third-order valence-corrected chi connectivity index (χ3v) is 4.46. The summed E-state index contributed by atoms with van der Waals surface area (Å²) in [4.78, 5) is 12.4. The molecule has 32 heavy (non-hydrogen) atoms. The van der Waals surface area contributed by atoms with E-state index in [1.807, 2.05) is 18.2 Å². The third-order valence-electron chi connectivity index (χ3n) is 4.46. The van der Waals surface area contributed by atoms with Gasteiger partial charge in [-0.2, -0.15) is 10.5 Å². The molecule has 0 bridgehead atoms. The van der Waals surface area contributed by atoms with Crippen molar-refractivity contribution in [2.45, 2.75) is 0 Å². The Labute approximate surface area is 185 Å². The van der Waals surface area contributed by atoms with Gasteiger partial charge in [0, 0.05) is 51.2 Å². The predicted octanol–water partition coefficient (Wildman–Crippen LogP) is 3.86. The van der Waals surface area contributed by atoms with Crippen molar-refractivity contribution in [2.75, 3.05) is 52.5 Å². The van der Waals surface area contributed by atoms with E-state index in [4.69, 9.17) is 14.2 Å². The first-order valence-corrected chi connectivity index (χ1v) is 9.44. The lowest BCUT2D eigenvalue weighted by atomic mass is 10.1. The number of methoxy groups -OCH3 is 3. The summed E-state index contributed by atoms with van der Waals surface area (Å²) in [7, 11) is 4.74. The van der Waals surface area contributed by atoms with E-state index in [2.05, 4.69) is 15.1 Å². The number of hydrogen-bond donors (Lipinski definition) is 0. The summed E-state index contributed by atoms with van der Waals surface area (Å²) in [5.74, 6) is 0.421. The molecule has 2 rings (SSSR count). The number of benzene rings is 2. The Morgan fingerprint density at radius 1 is 1.00 bits per heavy atom. The molecule has 0 atom stereocenters. The Morgan fingerprint density at radius 2 is 1.59 bits per heavy atom. The van der Waals surface area contributed by atoms with E-state index >= 15 is 0 Å². The SMILES string of the molecule is COCCN(CCOC)c1ccc(N=Nc2c(C#N)cc([N+](=O)[O-])cc2C#N)c(OC)c1. The molecule has 0 saturated carbocycles. The molecule has 0 heterocycles. The smallest absolute Gasteiger partial charge is 0.272 e. The summed E-state index contributed by atoms with van der Waals surface area (Å²) in [5, 5.41) is 37.9. The van der Waals surface area contributed by atoms with Crippen molar-refractivity contribution in [3.05, 3.63) is 51.6 Å². The molecule has 0 radical (unpaired) electrons. The Morgan fingerprint density at radius 3 is 2.06 bits per heavy atom. The number of non-ortho nitro benzene ring substituents is 1. The zero-order chi connectivity index (χ0) is 23.5. The minimum absolute atomic E-state index is 0.0476. The van der Waals surface area contributed by atoms with Gasteiger partial charge in [0.15, 0.2) is 0 Å². The van der Waals surface area contributed by atoms with Crippen LogP contribution < -0.4 is 9.64 Å². The van der Waals surface area contributed by atoms with Gasteiger partial charge >= 0.3 is 0 Å². The third kappa shape index (κ3) is 5.98. The molecule has 0 N–H and O–H groups in total. The van der Waals surface area contributed by atoms with Crippen molar-refractivity contribution >= 4 is 22.7 Å². The number of nitro groups is 1. The highest BCUT2D eigenvalue weighted by Crippen LogP contribution is 2.35. The first-order valence-electron chi connectivity index (χ1n) is 9.44. The second kappa shape index (κ2) is 12.0. The predicted molar refractivity (Wildman–Crippen MR) is 116 cm³/mol. The second-order valence-electron chi connectivity index (χ2n) is 6.40. The Bertz CT molecular complexity index is 1030. The van der Waals surface area contributed by atoms with E-state index in [0.717, 1.165) is 17.8 Å². The molecule has 2 aromatic carbocycles. The lowest BCUT2D eigenvalue weighted by Gasteiger charge is -2.24. The maximum Gasteiger partial charge on any atom is 0.272 e. The average Bonchev–Trinajstić information content (AvgIpc) is 2.82. The van der Waals surface area contributed by atoms with Crippen LogP contribution in [-0.4, -0.2) is 52.6 Å². The normalized spacial score (nSPS) is 10.5. The van der Waals surface area contributed by atoms with Crippen LogP contribution in [-0.2, 0) is 9.47 Å². The number of rotatable bonds is 11. The molecular formula is C21H22N6O5. The minimum Gasteiger partial charge on any atom is -0.494 e. The molecule has 0 aliphatic carbocycles. The number of azo groups is 1. The Hall–Kier alpha value is -4.06. The first-order chi connectivity index (χ1) is 15.5. The van der Waals surface area contributed by atoms with Crippen LogP contribution in [0, 0.1) is 32.8 Å². The van der Waals surface area contributed by atoms with Gasteiger partial charge in [-0.1, -0.05) is 0 Å². The van der Waals surface area contributed by atoms with Gasteiger partial charge in [0.2, 0.25) is 0 Å². The number of nitriles is 2. The van der Waals surface area contributed by atoms with Crippen LogP contribution in [0.3, 0.4) is 0 Å². The fourth-order valence-electron chi connectivity index (χ4n) is 2.83. The van der Waals surface area contributed by atoms with Gasteiger partial charge < -0.3 is 19.1 Å². The fourth-order valence-corrected chi connectivity index (χ4v) is 2.83. The average molecular weight is 438 g/mol. The van der Waals surface area contributed by atoms with Gasteiger partial charge in [-0.05, 0) is 12.1 Å². The highest BCUT2D eigenvalue weighted by molar-refractivity contribution is 5.68. The largest absolute Gasteiger partial charge is 0.494 e. The maximum absolute atomic E-state index is 11.0. The van der Waals surface area contributed by atoms with Crippen molar-refractivity contribution in [1.82, 2.24) is 0 Å². The molecule has 0 aromatic heterocycles. The number of nitro benzene ring substituents is 1. The zero-order valence-electron chi connectivity index (χ0n) is 17.9. The second-order valence-corrected chi connectivity index (χ2v) is 6.40. The van der Waals surface area contributed by atoms with Gasteiger partial charge in [0.25, 0.3) is 5.69 Å². The lowest BCUT2D eigenvalue weighted by molar-refractivity contribution is -0.384. The lowest BCUT2D eigenvalue weighted by Crippen LogP contribution is -2.30. The highest BCUT2D eigenvalue weighted by atomic mass is 16.6. The summed E-state index contributed by atoms with van der Waals surface area (Å²) >= 11 is 0. The molecule has 0 fully saturated rings. The minimum atomic E-state index is -0.677. The van der Waals surface area contributed by atoms with Gasteiger partial charge in [-0.25, -0.2) is 0 Å². The number of ether oxygens (including phenoxy) is 3. The van der Waals surface area contributed by atoms with Crippen LogP contribution in [0.15, 0.2) is 40.6 Å². The summed E-state index contributed by atoms with van der Waals surface area (Å²) in [5.41, 5.74) is 0.557. The van der Waals surface area contributed by atoms with E-state index in [-0.39, 0.29) is 22.5 Å². The number of nitrogens with zero attached hydrogens (tertiary/aromatic N) is 6. The van der Waals surface area contributed by atoms with Crippen LogP contribution in [0.5, 0.6) is 5.75 Å². The molecule has 11 nitrogen and oxygen atoms in total. The summed E-state index contributed by atoms with van der Waals surface area (Å²) < 4.78 is 15.8. The zero-order valence-corrected chi connectivity index (χ0v) is 17.9. The van der Waals surface area contributed by atoms with Gasteiger partial charge in [0.1, 0.15) is 29.3 Å². The molecule has 0 amide bonds. The molecule has 0 saturated heterocycles.